The highest BCUT2D eigenvalue weighted by Crippen LogP contribution is 2.30. The van der Waals surface area contributed by atoms with Crippen molar-refractivity contribution in [3.8, 4) is 0 Å². The molecule has 61 heavy (non-hydrogen) atoms. The van der Waals surface area contributed by atoms with E-state index in [9.17, 15) is 45.6 Å². The second kappa shape index (κ2) is 35.3. The minimum Gasteiger partial charge on any atom is -0.394 e. The minimum absolute atomic E-state index is 0.215. The molecule has 0 saturated carbocycles. The zero-order valence-corrected chi connectivity index (χ0v) is 38.2. The highest BCUT2D eigenvalue weighted by Gasteiger charge is 2.51. The van der Waals surface area contributed by atoms with Crippen molar-refractivity contribution < 1.29 is 64.6 Å². The average molecular weight is 878 g/mol. The van der Waals surface area contributed by atoms with Crippen molar-refractivity contribution in [1.29, 1.82) is 0 Å². The summed E-state index contributed by atoms with van der Waals surface area (Å²) >= 11 is 0. The maximum absolute atomic E-state index is 13.0. The molecule has 12 unspecified atom stereocenters. The normalized spacial score (nSPS) is 27.9. The summed E-state index contributed by atoms with van der Waals surface area (Å²) in [5, 5.41) is 85.9. The van der Waals surface area contributed by atoms with Crippen LogP contribution < -0.4 is 5.32 Å². The third kappa shape index (κ3) is 23.1. The van der Waals surface area contributed by atoms with Crippen molar-refractivity contribution in [3.05, 3.63) is 0 Å². The summed E-state index contributed by atoms with van der Waals surface area (Å²) in [7, 11) is 0. The maximum atomic E-state index is 13.0. The van der Waals surface area contributed by atoms with Gasteiger partial charge in [0.15, 0.2) is 12.6 Å². The second-order valence-corrected chi connectivity index (χ2v) is 18.0. The summed E-state index contributed by atoms with van der Waals surface area (Å²) in [6, 6.07) is -0.817. The monoisotopic (exact) mass is 878 g/mol. The predicted octanol–water partition coefficient (Wildman–Crippen LogP) is 5.83. The number of aliphatic hydroxyl groups excluding tert-OH is 8. The smallest absolute Gasteiger partial charge is 0.220 e. The molecule has 0 aromatic carbocycles. The van der Waals surface area contributed by atoms with Crippen LogP contribution in [0.5, 0.6) is 0 Å². The van der Waals surface area contributed by atoms with Gasteiger partial charge in [-0.2, -0.15) is 0 Å². The summed E-state index contributed by atoms with van der Waals surface area (Å²) in [6.45, 7) is 2.68. The number of hydrogen-bond acceptors (Lipinski definition) is 13. The summed E-state index contributed by atoms with van der Waals surface area (Å²) in [5.74, 6) is -0.215. The highest BCUT2D eigenvalue weighted by molar-refractivity contribution is 5.76. The van der Waals surface area contributed by atoms with E-state index in [1.54, 1.807) is 0 Å². The van der Waals surface area contributed by atoms with Crippen molar-refractivity contribution in [2.75, 3.05) is 19.8 Å². The van der Waals surface area contributed by atoms with Crippen LogP contribution in [0.4, 0.5) is 0 Å². The first-order valence-corrected chi connectivity index (χ1v) is 24.8. The molecule has 0 spiro atoms. The fourth-order valence-electron chi connectivity index (χ4n) is 8.47. The van der Waals surface area contributed by atoms with Crippen molar-refractivity contribution in [2.45, 2.75) is 274 Å². The van der Waals surface area contributed by atoms with E-state index in [1.807, 2.05) is 0 Å². The maximum Gasteiger partial charge on any atom is 0.220 e. The van der Waals surface area contributed by atoms with Gasteiger partial charge in [0.05, 0.1) is 32.0 Å². The Kier molecular flexibility index (Phi) is 32.5. The van der Waals surface area contributed by atoms with Crippen LogP contribution in [0.2, 0.25) is 0 Å². The molecule has 2 saturated heterocycles. The van der Waals surface area contributed by atoms with Crippen molar-refractivity contribution in [2.24, 2.45) is 0 Å². The molecule has 2 heterocycles. The largest absolute Gasteiger partial charge is 0.394 e. The molecule has 0 radical (unpaired) electrons. The number of carbonyl (C=O) groups is 1. The van der Waals surface area contributed by atoms with Crippen LogP contribution in [-0.2, 0) is 23.7 Å². The Morgan fingerprint density at radius 1 is 0.525 bits per heavy atom. The molecule has 0 aromatic rings. The van der Waals surface area contributed by atoms with Gasteiger partial charge < -0.3 is 65.1 Å². The SMILES string of the molecule is CCCCCCCCCCCCCCCCCCCCCCCCCCC(=O)NC(COC1OC(CO)C(OC2OC(CO)C(O)C(O)C2O)C(O)C1O)C(O)CCCCC. The van der Waals surface area contributed by atoms with Crippen molar-refractivity contribution >= 4 is 5.91 Å². The first-order chi connectivity index (χ1) is 29.6. The van der Waals surface area contributed by atoms with Crippen LogP contribution in [0, 0.1) is 0 Å². The van der Waals surface area contributed by atoms with Crippen LogP contribution in [0.1, 0.15) is 200 Å². The van der Waals surface area contributed by atoms with E-state index in [0.717, 1.165) is 44.9 Å². The molecular weight excluding hydrogens is 787 g/mol. The van der Waals surface area contributed by atoms with Gasteiger partial charge in [0.2, 0.25) is 5.91 Å². The molecule has 14 nitrogen and oxygen atoms in total. The first kappa shape index (κ1) is 56.1. The number of nitrogens with one attached hydrogen (secondary N) is 1. The van der Waals surface area contributed by atoms with Crippen LogP contribution in [-0.4, -0.2) is 140 Å². The summed E-state index contributed by atoms with van der Waals surface area (Å²) in [4.78, 5) is 13.0. The summed E-state index contributed by atoms with van der Waals surface area (Å²) < 4.78 is 22.5. The first-order valence-electron chi connectivity index (χ1n) is 24.8. The number of aliphatic hydroxyl groups is 8. The summed E-state index contributed by atoms with van der Waals surface area (Å²) in [5.41, 5.74) is 0. The van der Waals surface area contributed by atoms with Gasteiger partial charge >= 0.3 is 0 Å². The van der Waals surface area contributed by atoms with E-state index >= 15 is 0 Å². The fourth-order valence-corrected chi connectivity index (χ4v) is 8.47. The lowest BCUT2D eigenvalue weighted by molar-refractivity contribution is -0.359. The Bertz CT molecular complexity index is 1040. The van der Waals surface area contributed by atoms with Crippen LogP contribution in [0.15, 0.2) is 0 Å². The standard InChI is InChI=1S/C47H91NO13/c1-3-5-7-8-9-10-11-12-13-14-15-16-17-18-19-20-21-22-23-24-25-26-27-29-31-39(52)48-35(36(51)30-28-6-4-2)34-58-46-44(57)42(55)45(38(33-50)60-46)61-47-43(56)41(54)40(53)37(32-49)59-47/h35-38,40-47,49-51,53-57H,3-34H2,1-2H3,(H,48,52). The van der Waals surface area contributed by atoms with Gasteiger partial charge in [0.25, 0.3) is 0 Å². The van der Waals surface area contributed by atoms with Gasteiger partial charge in [0, 0.05) is 6.42 Å². The van der Waals surface area contributed by atoms with E-state index in [-0.39, 0.29) is 12.5 Å². The Hall–Kier alpha value is -1.01. The quantitative estimate of drug-likeness (QED) is 0.0334. The molecule has 12 atom stereocenters. The van der Waals surface area contributed by atoms with Gasteiger partial charge in [0.1, 0.15) is 48.8 Å². The lowest BCUT2D eigenvalue weighted by Gasteiger charge is -2.46. The molecule has 2 rings (SSSR count). The lowest BCUT2D eigenvalue weighted by Crippen LogP contribution is -2.65. The minimum atomic E-state index is -1.78. The molecule has 1 amide bonds. The van der Waals surface area contributed by atoms with E-state index in [4.69, 9.17) is 18.9 Å². The molecule has 2 aliphatic heterocycles. The second-order valence-electron chi connectivity index (χ2n) is 18.0. The number of amides is 1. The number of unbranched alkanes of at least 4 members (excludes halogenated alkanes) is 25. The Morgan fingerprint density at radius 2 is 0.934 bits per heavy atom. The van der Waals surface area contributed by atoms with Crippen LogP contribution in [0.25, 0.3) is 0 Å². The highest BCUT2D eigenvalue weighted by atomic mass is 16.7. The summed E-state index contributed by atoms with van der Waals surface area (Å²) in [6.07, 6.45) is 18.1. The Balaban J connectivity index is 1.61. The van der Waals surface area contributed by atoms with Gasteiger partial charge in [-0.05, 0) is 12.8 Å². The molecule has 14 heteroatoms. The Morgan fingerprint density at radius 3 is 1.39 bits per heavy atom. The van der Waals surface area contributed by atoms with Gasteiger partial charge in [-0.1, -0.05) is 181 Å². The fraction of sp³-hybridized carbons (Fsp3) is 0.979. The van der Waals surface area contributed by atoms with Crippen LogP contribution >= 0.6 is 0 Å². The van der Waals surface area contributed by atoms with E-state index < -0.39 is 86.8 Å². The van der Waals surface area contributed by atoms with Gasteiger partial charge in [-0.15, -0.1) is 0 Å². The molecule has 0 bridgehead atoms. The molecule has 362 valence electrons. The molecule has 9 N–H and O–H groups in total. The average Bonchev–Trinajstić information content (AvgIpc) is 3.25. The molecule has 2 fully saturated rings. The topological polar surface area (TPSA) is 228 Å². The van der Waals surface area contributed by atoms with Crippen LogP contribution in [0.3, 0.4) is 0 Å². The number of hydrogen-bond donors (Lipinski definition) is 9. The molecule has 0 aromatic heterocycles. The lowest BCUT2D eigenvalue weighted by atomic mass is 9.97. The van der Waals surface area contributed by atoms with E-state index in [2.05, 4.69) is 19.2 Å². The van der Waals surface area contributed by atoms with E-state index in [0.29, 0.717) is 12.8 Å². The van der Waals surface area contributed by atoms with Crippen molar-refractivity contribution in [1.82, 2.24) is 5.32 Å². The molecular formula is C47H91NO13. The Labute approximate surface area is 368 Å². The van der Waals surface area contributed by atoms with Crippen molar-refractivity contribution in [3.63, 3.8) is 0 Å². The number of ether oxygens (including phenoxy) is 4. The van der Waals surface area contributed by atoms with Gasteiger partial charge in [-0.3, -0.25) is 4.79 Å². The van der Waals surface area contributed by atoms with Gasteiger partial charge in [-0.25, -0.2) is 0 Å². The third-order valence-corrected chi connectivity index (χ3v) is 12.6. The molecule has 0 aliphatic carbocycles. The third-order valence-electron chi connectivity index (χ3n) is 12.6. The zero-order valence-electron chi connectivity index (χ0n) is 38.2. The number of carbonyl (C=O) groups excluding carboxylic acids is 1. The van der Waals surface area contributed by atoms with E-state index in [1.165, 1.54) is 128 Å². The predicted molar refractivity (Wildman–Crippen MR) is 236 cm³/mol. The zero-order chi connectivity index (χ0) is 44.7. The molecule has 2 aliphatic rings. The number of rotatable bonds is 38.